The lowest BCUT2D eigenvalue weighted by Crippen LogP contribution is -2.21. The third-order valence-corrected chi connectivity index (χ3v) is 5.91. The van der Waals surface area contributed by atoms with Gasteiger partial charge in [0.1, 0.15) is 17.4 Å². The number of benzene rings is 3. The van der Waals surface area contributed by atoms with Crippen LogP contribution in [-0.4, -0.2) is 16.8 Å². The molecule has 0 fully saturated rings. The van der Waals surface area contributed by atoms with E-state index in [-0.39, 0.29) is 5.88 Å². The smallest absolute Gasteiger partial charge is 0.244 e. The van der Waals surface area contributed by atoms with E-state index in [0.717, 1.165) is 45.7 Å². The molecule has 6 heteroatoms. The summed E-state index contributed by atoms with van der Waals surface area (Å²) in [6.07, 6.45) is 0.947. The third-order valence-electron chi connectivity index (χ3n) is 5.91. The van der Waals surface area contributed by atoms with Crippen LogP contribution in [0.2, 0.25) is 0 Å². The summed E-state index contributed by atoms with van der Waals surface area (Å²) in [5, 5.41) is 17.4. The molecular formula is C28H24N4O2. The van der Waals surface area contributed by atoms with E-state index in [1.54, 1.807) is 0 Å². The van der Waals surface area contributed by atoms with Crippen LogP contribution in [0.25, 0.3) is 22.4 Å². The van der Waals surface area contributed by atoms with E-state index < -0.39 is 5.92 Å². The predicted molar refractivity (Wildman–Crippen MR) is 131 cm³/mol. The maximum absolute atomic E-state index is 9.95. The average molecular weight is 449 g/mol. The predicted octanol–water partition coefficient (Wildman–Crippen LogP) is 5.75. The van der Waals surface area contributed by atoms with Crippen molar-refractivity contribution in [3.8, 4) is 40.1 Å². The number of ether oxygens (including phenoxy) is 2. The van der Waals surface area contributed by atoms with Gasteiger partial charge in [-0.15, -0.1) is 5.10 Å². The maximum Gasteiger partial charge on any atom is 0.244 e. The zero-order valence-electron chi connectivity index (χ0n) is 18.8. The summed E-state index contributed by atoms with van der Waals surface area (Å²) in [5.74, 6) is 0.872. The number of fused-ring (bicyclic) bond motifs is 1. The second-order valence-corrected chi connectivity index (χ2v) is 8.10. The Kier molecular flexibility index (Phi) is 5.75. The number of aromatic amines is 1. The fourth-order valence-corrected chi connectivity index (χ4v) is 4.23. The summed E-state index contributed by atoms with van der Waals surface area (Å²) < 4.78 is 11.4. The van der Waals surface area contributed by atoms with Crippen molar-refractivity contribution in [3.05, 3.63) is 101 Å². The van der Waals surface area contributed by atoms with Gasteiger partial charge in [0.2, 0.25) is 11.8 Å². The lowest BCUT2D eigenvalue weighted by atomic mass is 9.82. The van der Waals surface area contributed by atoms with Gasteiger partial charge in [0.05, 0.1) is 23.8 Å². The quantitative estimate of drug-likeness (QED) is 0.391. The van der Waals surface area contributed by atoms with Crippen LogP contribution in [0.4, 0.5) is 0 Å². The highest BCUT2D eigenvalue weighted by Crippen LogP contribution is 2.46. The van der Waals surface area contributed by atoms with Crippen molar-refractivity contribution < 1.29 is 9.47 Å². The molecule has 0 unspecified atom stereocenters. The third kappa shape index (κ3) is 3.89. The van der Waals surface area contributed by atoms with Crippen molar-refractivity contribution in [1.82, 2.24) is 10.2 Å². The maximum atomic E-state index is 9.95. The van der Waals surface area contributed by atoms with Crippen LogP contribution in [0, 0.1) is 11.3 Å². The highest BCUT2D eigenvalue weighted by Gasteiger charge is 2.35. The Bertz CT molecular complexity index is 1360. The van der Waals surface area contributed by atoms with Crippen molar-refractivity contribution in [2.75, 3.05) is 6.61 Å². The number of nitrogens with zero attached hydrogens (tertiary/aromatic N) is 2. The molecule has 1 atom stereocenters. The van der Waals surface area contributed by atoms with Gasteiger partial charge in [-0.25, -0.2) is 0 Å². The van der Waals surface area contributed by atoms with E-state index in [4.69, 9.17) is 15.2 Å². The molecule has 168 valence electrons. The number of hydrogen-bond donors (Lipinski definition) is 2. The zero-order chi connectivity index (χ0) is 23.5. The minimum atomic E-state index is -0.400. The Morgan fingerprint density at radius 3 is 2.32 bits per heavy atom. The standard InChI is InChI=1S/C28H24N4O2/c1-2-16-33-22-14-12-21(13-15-22)26-25-24(23(17-29)27(30)34-28(25)32-31-26)20-10-8-19(9-11-20)18-6-4-3-5-7-18/h3-15,24H,2,16,30H2,1H3,(H,31,32)/t24-/m1/s1. The molecule has 0 bridgehead atoms. The number of aromatic nitrogens is 2. The molecule has 0 amide bonds. The summed E-state index contributed by atoms with van der Waals surface area (Å²) in [4.78, 5) is 0. The molecule has 5 rings (SSSR count). The number of nitrogens with one attached hydrogen (secondary N) is 1. The molecule has 3 aromatic carbocycles. The molecule has 0 aliphatic carbocycles. The first-order valence-electron chi connectivity index (χ1n) is 11.2. The minimum absolute atomic E-state index is 0.0773. The molecule has 0 radical (unpaired) electrons. The Morgan fingerprint density at radius 1 is 0.971 bits per heavy atom. The molecule has 4 aromatic rings. The van der Waals surface area contributed by atoms with E-state index in [2.05, 4.69) is 47.5 Å². The highest BCUT2D eigenvalue weighted by atomic mass is 16.5. The zero-order valence-corrected chi connectivity index (χ0v) is 18.8. The minimum Gasteiger partial charge on any atom is -0.494 e. The Balaban J connectivity index is 1.56. The van der Waals surface area contributed by atoms with Crippen LogP contribution in [-0.2, 0) is 0 Å². The van der Waals surface area contributed by atoms with Gasteiger partial charge in [0, 0.05) is 5.56 Å². The van der Waals surface area contributed by atoms with Gasteiger partial charge in [-0.1, -0.05) is 61.5 Å². The van der Waals surface area contributed by atoms with Gasteiger partial charge in [-0.3, -0.25) is 5.10 Å². The van der Waals surface area contributed by atoms with E-state index in [9.17, 15) is 5.26 Å². The lowest BCUT2D eigenvalue weighted by Gasteiger charge is -2.24. The number of rotatable bonds is 6. The van der Waals surface area contributed by atoms with Crippen molar-refractivity contribution >= 4 is 0 Å². The molecule has 1 aliphatic heterocycles. The fraction of sp³-hybridized carbons (Fsp3) is 0.143. The molecule has 3 N–H and O–H groups in total. The van der Waals surface area contributed by atoms with Gasteiger partial charge in [0.15, 0.2) is 0 Å². The molecule has 2 heterocycles. The van der Waals surface area contributed by atoms with Crippen LogP contribution < -0.4 is 15.2 Å². The number of nitriles is 1. The summed E-state index contributed by atoms with van der Waals surface area (Å²) in [6.45, 7) is 2.74. The van der Waals surface area contributed by atoms with Gasteiger partial charge in [-0.05, 0) is 47.4 Å². The monoisotopic (exact) mass is 448 g/mol. The average Bonchev–Trinajstić information content (AvgIpc) is 3.31. The lowest BCUT2D eigenvalue weighted by molar-refractivity contribution is 0.317. The Morgan fingerprint density at radius 2 is 1.65 bits per heavy atom. The van der Waals surface area contributed by atoms with Gasteiger partial charge >= 0.3 is 0 Å². The van der Waals surface area contributed by atoms with Crippen LogP contribution >= 0.6 is 0 Å². The second kappa shape index (κ2) is 9.16. The number of H-pyrrole nitrogens is 1. The van der Waals surface area contributed by atoms with Crippen LogP contribution in [0.15, 0.2) is 90.3 Å². The largest absolute Gasteiger partial charge is 0.494 e. The van der Waals surface area contributed by atoms with Crippen LogP contribution in [0.1, 0.15) is 30.4 Å². The summed E-state index contributed by atoms with van der Waals surface area (Å²) in [5.41, 5.74) is 12.2. The van der Waals surface area contributed by atoms with Crippen molar-refractivity contribution in [1.29, 1.82) is 5.26 Å². The van der Waals surface area contributed by atoms with Gasteiger partial charge < -0.3 is 15.2 Å². The van der Waals surface area contributed by atoms with E-state index in [1.165, 1.54) is 0 Å². The topological polar surface area (TPSA) is 97.0 Å². The molecule has 0 saturated carbocycles. The molecular weight excluding hydrogens is 424 g/mol. The van der Waals surface area contributed by atoms with Gasteiger partial charge in [-0.2, -0.15) is 5.26 Å². The Labute approximate surface area is 198 Å². The van der Waals surface area contributed by atoms with Crippen molar-refractivity contribution in [3.63, 3.8) is 0 Å². The highest BCUT2D eigenvalue weighted by molar-refractivity contribution is 5.72. The number of allylic oxidation sites excluding steroid dienone is 1. The fourth-order valence-electron chi connectivity index (χ4n) is 4.23. The summed E-state index contributed by atoms with van der Waals surface area (Å²) >= 11 is 0. The summed E-state index contributed by atoms with van der Waals surface area (Å²) in [7, 11) is 0. The van der Waals surface area contributed by atoms with Crippen LogP contribution in [0.3, 0.4) is 0 Å². The van der Waals surface area contributed by atoms with Crippen LogP contribution in [0.5, 0.6) is 11.6 Å². The first kappa shape index (κ1) is 21.4. The Hall–Kier alpha value is -4.50. The first-order chi connectivity index (χ1) is 16.7. The molecule has 1 aromatic heterocycles. The van der Waals surface area contributed by atoms with Gasteiger partial charge in [0.25, 0.3) is 0 Å². The van der Waals surface area contributed by atoms with E-state index in [0.29, 0.717) is 18.1 Å². The number of nitrogens with two attached hydrogens (primary N) is 1. The van der Waals surface area contributed by atoms with Crippen molar-refractivity contribution in [2.24, 2.45) is 5.73 Å². The molecule has 34 heavy (non-hydrogen) atoms. The molecule has 0 spiro atoms. The summed E-state index contributed by atoms with van der Waals surface area (Å²) in [6, 6.07) is 28.4. The van der Waals surface area contributed by atoms with E-state index >= 15 is 0 Å². The second-order valence-electron chi connectivity index (χ2n) is 8.10. The number of hydrogen-bond acceptors (Lipinski definition) is 5. The molecule has 0 saturated heterocycles. The SMILES string of the molecule is CCCOc1ccc(-c2[nH]nc3c2[C@H](c2ccc(-c4ccccc4)cc2)C(C#N)=C(N)O3)cc1. The first-order valence-corrected chi connectivity index (χ1v) is 11.2. The van der Waals surface area contributed by atoms with Crippen molar-refractivity contribution in [2.45, 2.75) is 19.3 Å². The normalized spacial score (nSPS) is 14.8. The van der Waals surface area contributed by atoms with E-state index in [1.807, 2.05) is 54.6 Å². The molecule has 1 aliphatic rings. The molecule has 6 nitrogen and oxygen atoms in total.